The fraction of sp³-hybridized carbons (Fsp3) is 0.217. The molecule has 0 radical (unpaired) electrons. The molecule has 1 N–H and O–H groups in total. The summed E-state index contributed by atoms with van der Waals surface area (Å²) in [4.78, 5) is 19.2. The summed E-state index contributed by atoms with van der Waals surface area (Å²) in [7, 11) is 0. The van der Waals surface area contributed by atoms with E-state index in [0.717, 1.165) is 30.9 Å². The monoisotopic (exact) mass is 371 g/mol. The van der Waals surface area contributed by atoms with Crippen LogP contribution in [0.2, 0.25) is 0 Å². The normalized spacial score (nSPS) is 15.1. The molecule has 1 aromatic heterocycles. The number of fused-ring (bicyclic) bond motifs is 3. The van der Waals surface area contributed by atoms with E-state index in [1.165, 1.54) is 22.3 Å². The maximum atomic E-state index is 12.8. The molecule has 0 atom stereocenters. The van der Waals surface area contributed by atoms with Crippen LogP contribution in [-0.4, -0.2) is 37.2 Å². The van der Waals surface area contributed by atoms with E-state index in [1.54, 1.807) is 6.20 Å². The molecule has 0 saturated carbocycles. The van der Waals surface area contributed by atoms with Crippen LogP contribution in [0.25, 0.3) is 11.1 Å². The Morgan fingerprint density at radius 3 is 2.68 bits per heavy atom. The van der Waals surface area contributed by atoms with Crippen molar-refractivity contribution >= 4 is 17.3 Å². The lowest BCUT2D eigenvalue weighted by atomic mass is 10.1. The number of benzene rings is 2. The van der Waals surface area contributed by atoms with Gasteiger partial charge >= 0.3 is 0 Å². The molecule has 2 heterocycles. The van der Waals surface area contributed by atoms with Crippen LogP contribution in [0.5, 0.6) is 0 Å². The van der Waals surface area contributed by atoms with Crippen molar-refractivity contribution in [1.82, 2.24) is 4.98 Å². The summed E-state index contributed by atoms with van der Waals surface area (Å²) in [6, 6.07) is 18.4. The summed E-state index contributed by atoms with van der Waals surface area (Å²) in [5.74, 6) is -0.189. The number of hydrogen-bond acceptors (Lipinski definition) is 4. The zero-order chi connectivity index (χ0) is 18.9. The molecule has 1 saturated heterocycles. The highest BCUT2D eigenvalue weighted by molar-refractivity contribution is 6.03. The Labute approximate surface area is 164 Å². The molecule has 1 aliphatic heterocycles. The van der Waals surface area contributed by atoms with Crippen LogP contribution in [-0.2, 0) is 11.2 Å². The van der Waals surface area contributed by atoms with Crippen LogP contribution < -0.4 is 10.2 Å². The molecule has 1 aliphatic carbocycles. The fourth-order valence-corrected chi connectivity index (χ4v) is 3.98. The third kappa shape index (κ3) is 3.14. The van der Waals surface area contributed by atoms with Gasteiger partial charge < -0.3 is 15.0 Å². The van der Waals surface area contributed by atoms with E-state index in [4.69, 9.17) is 4.74 Å². The van der Waals surface area contributed by atoms with Crippen LogP contribution in [0.1, 0.15) is 21.6 Å². The number of nitrogens with zero attached hydrogens (tertiary/aromatic N) is 2. The van der Waals surface area contributed by atoms with Gasteiger partial charge in [0.2, 0.25) is 0 Å². The van der Waals surface area contributed by atoms with Gasteiger partial charge in [0.25, 0.3) is 5.91 Å². The van der Waals surface area contributed by atoms with Crippen LogP contribution in [0.3, 0.4) is 0 Å². The predicted octanol–water partition coefficient (Wildman–Crippen LogP) is 3.74. The number of hydrogen-bond donors (Lipinski definition) is 1. The van der Waals surface area contributed by atoms with Crippen LogP contribution in [0.4, 0.5) is 11.4 Å². The molecule has 0 spiro atoms. The minimum atomic E-state index is -0.189. The molecule has 0 unspecified atom stereocenters. The number of nitrogens with one attached hydrogen (secondary N) is 1. The molecule has 5 rings (SSSR count). The number of carbonyl (C=O) groups excluding carboxylic acids is 1. The molecular formula is C23H21N3O2. The van der Waals surface area contributed by atoms with Gasteiger partial charge in [-0.3, -0.25) is 9.78 Å². The van der Waals surface area contributed by atoms with Gasteiger partial charge in [-0.25, -0.2) is 0 Å². The number of ether oxygens (including phenoxy) is 1. The first kappa shape index (κ1) is 17.0. The van der Waals surface area contributed by atoms with E-state index in [9.17, 15) is 4.79 Å². The molecule has 5 nitrogen and oxygen atoms in total. The van der Waals surface area contributed by atoms with Crippen LogP contribution in [0.15, 0.2) is 60.8 Å². The molecule has 1 amide bonds. The molecule has 2 aliphatic rings. The van der Waals surface area contributed by atoms with Crippen molar-refractivity contribution in [2.24, 2.45) is 0 Å². The van der Waals surface area contributed by atoms with Crippen molar-refractivity contribution < 1.29 is 9.53 Å². The lowest BCUT2D eigenvalue weighted by Gasteiger charge is -2.28. The second-order valence-corrected chi connectivity index (χ2v) is 7.16. The molecule has 0 bridgehead atoms. The summed E-state index contributed by atoms with van der Waals surface area (Å²) in [6.45, 7) is 3.08. The average molecular weight is 371 g/mol. The minimum absolute atomic E-state index is 0.189. The summed E-state index contributed by atoms with van der Waals surface area (Å²) in [6.07, 6.45) is 2.60. The topological polar surface area (TPSA) is 54.5 Å². The zero-order valence-electron chi connectivity index (χ0n) is 15.5. The van der Waals surface area contributed by atoms with E-state index in [1.807, 2.05) is 18.2 Å². The first-order valence-electron chi connectivity index (χ1n) is 9.59. The van der Waals surface area contributed by atoms with E-state index in [2.05, 4.69) is 51.6 Å². The van der Waals surface area contributed by atoms with Crippen molar-refractivity contribution in [2.75, 3.05) is 36.5 Å². The quantitative estimate of drug-likeness (QED) is 0.596. The van der Waals surface area contributed by atoms with Crippen molar-refractivity contribution in [3.8, 4) is 11.1 Å². The number of amides is 1. The second kappa shape index (κ2) is 7.09. The first-order valence-corrected chi connectivity index (χ1v) is 9.59. The molecule has 3 aromatic rings. The third-order valence-electron chi connectivity index (χ3n) is 5.40. The van der Waals surface area contributed by atoms with Gasteiger partial charge in [-0.1, -0.05) is 30.3 Å². The SMILES string of the molecule is O=C(Nc1ccc2c(c1)Cc1ccccc1-2)c1cc(N2CCOCC2)ccn1. The molecule has 28 heavy (non-hydrogen) atoms. The van der Waals surface area contributed by atoms with Crippen molar-refractivity contribution in [2.45, 2.75) is 6.42 Å². The standard InChI is InChI=1S/C23H21N3O2/c27-23(22-15-19(7-8-24-22)26-9-11-28-12-10-26)25-18-5-6-21-17(14-18)13-16-3-1-2-4-20(16)21/h1-8,14-15H,9-13H2,(H,25,27). The number of carbonyl (C=O) groups is 1. The van der Waals surface area contributed by atoms with Crippen molar-refractivity contribution in [3.05, 3.63) is 77.6 Å². The van der Waals surface area contributed by atoms with E-state index in [0.29, 0.717) is 18.9 Å². The summed E-state index contributed by atoms with van der Waals surface area (Å²) < 4.78 is 5.40. The maximum Gasteiger partial charge on any atom is 0.274 e. The minimum Gasteiger partial charge on any atom is -0.378 e. The Balaban J connectivity index is 1.34. The van der Waals surface area contributed by atoms with Gasteiger partial charge in [-0.2, -0.15) is 0 Å². The van der Waals surface area contributed by atoms with E-state index >= 15 is 0 Å². The highest BCUT2D eigenvalue weighted by atomic mass is 16.5. The third-order valence-corrected chi connectivity index (χ3v) is 5.40. The highest BCUT2D eigenvalue weighted by Gasteiger charge is 2.19. The highest BCUT2D eigenvalue weighted by Crippen LogP contribution is 2.37. The van der Waals surface area contributed by atoms with Crippen molar-refractivity contribution in [1.29, 1.82) is 0 Å². The Kier molecular flexibility index (Phi) is 4.29. The van der Waals surface area contributed by atoms with E-state index < -0.39 is 0 Å². The fourth-order valence-electron chi connectivity index (χ4n) is 3.98. The smallest absolute Gasteiger partial charge is 0.274 e. The van der Waals surface area contributed by atoms with Gasteiger partial charge in [0, 0.05) is 30.7 Å². The molecule has 1 fully saturated rings. The average Bonchev–Trinajstić information content (AvgIpc) is 3.12. The van der Waals surface area contributed by atoms with Crippen LogP contribution in [0, 0.1) is 0 Å². The summed E-state index contributed by atoms with van der Waals surface area (Å²) in [5.41, 5.74) is 7.35. The lowest BCUT2D eigenvalue weighted by Crippen LogP contribution is -2.36. The van der Waals surface area contributed by atoms with Gasteiger partial charge in [-0.15, -0.1) is 0 Å². The molecule has 5 heteroatoms. The Bertz CT molecular complexity index is 1040. The largest absolute Gasteiger partial charge is 0.378 e. The number of pyridine rings is 1. The zero-order valence-corrected chi connectivity index (χ0v) is 15.5. The number of morpholine rings is 1. The number of anilines is 2. The van der Waals surface area contributed by atoms with Gasteiger partial charge in [0.05, 0.1) is 13.2 Å². The summed E-state index contributed by atoms with van der Waals surface area (Å²) in [5, 5.41) is 3.00. The van der Waals surface area contributed by atoms with E-state index in [-0.39, 0.29) is 5.91 Å². The van der Waals surface area contributed by atoms with Gasteiger partial charge in [-0.05, 0) is 52.9 Å². The molecule has 140 valence electrons. The summed E-state index contributed by atoms with van der Waals surface area (Å²) >= 11 is 0. The van der Waals surface area contributed by atoms with Crippen LogP contribution >= 0.6 is 0 Å². The van der Waals surface area contributed by atoms with Crippen molar-refractivity contribution in [3.63, 3.8) is 0 Å². The van der Waals surface area contributed by atoms with Gasteiger partial charge in [0.15, 0.2) is 0 Å². The Morgan fingerprint density at radius 1 is 0.964 bits per heavy atom. The Morgan fingerprint density at radius 2 is 1.79 bits per heavy atom. The Hall–Kier alpha value is -3.18. The number of aromatic nitrogens is 1. The lowest BCUT2D eigenvalue weighted by molar-refractivity contribution is 0.102. The number of rotatable bonds is 3. The molecular weight excluding hydrogens is 350 g/mol. The molecule has 2 aromatic carbocycles. The first-order chi connectivity index (χ1) is 13.8. The maximum absolute atomic E-state index is 12.8. The van der Waals surface area contributed by atoms with Gasteiger partial charge in [0.1, 0.15) is 5.69 Å². The second-order valence-electron chi connectivity index (χ2n) is 7.16. The predicted molar refractivity (Wildman–Crippen MR) is 110 cm³/mol.